The minimum atomic E-state index is -0.334. The quantitative estimate of drug-likeness (QED) is 0.683. The van der Waals surface area contributed by atoms with E-state index in [0.29, 0.717) is 18.0 Å². The molecule has 0 unspecified atom stereocenters. The number of likely N-dealkylation sites (tertiary alicyclic amines) is 2. The number of aromatic nitrogens is 4. The molecule has 0 bridgehead atoms. The van der Waals surface area contributed by atoms with E-state index >= 15 is 0 Å². The van der Waals surface area contributed by atoms with Crippen LogP contribution in [0.2, 0.25) is 0 Å². The van der Waals surface area contributed by atoms with Crippen LogP contribution in [0, 0.1) is 11.3 Å². The van der Waals surface area contributed by atoms with Gasteiger partial charge in [-0.1, -0.05) is 0 Å². The molecular weight excluding hydrogens is 388 g/mol. The summed E-state index contributed by atoms with van der Waals surface area (Å²) in [6, 6.07) is 0.737. The first kappa shape index (κ1) is 20.7. The second-order valence-corrected chi connectivity index (χ2v) is 10.6. The van der Waals surface area contributed by atoms with Crippen LogP contribution in [0.1, 0.15) is 76.2 Å². The molecule has 31 heavy (non-hydrogen) atoms. The highest BCUT2D eigenvalue weighted by Gasteiger charge is 2.58. The minimum absolute atomic E-state index is 0.157. The van der Waals surface area contributed by atoms with E-state index in [2.05, 4.69) is 59.6 Å². The van der Waals surface area contributed by atoms with Gasteiger partial charge in [0, 0.05) is 68.7 Å². The van der Waals surface area contributed by atoms with Crippen molar-refractivity contribution in [3.8, 4) is 0 Å². The highest BCUT2D eigenvalue weighted by Crippen LogP contribution is 2.50. The maximum absolute atomic E-state index is 13.8. The summed E-state index contributed by atoms with van der Waals surface area (Å²) in [4.78, 5) is 23.2. The van der Waals surface area contributed by atoms with E-state index < -0.39 is 0 Å². The van der Waals surface area contributed by atoms with Gasteiger partial charge in [0.15, 0.2) is 0 Å². The molecule has 0 radical (unpaired) electrons. The van der Waals surface area contributed by atoms with Gasteiger partial charge in [-0.3, -0.25) is 14.4 Å². The van der Waals surface area contributed by atoms with Gasteiger partial charge in [-0.2, -0.15) is 5.10 Å². The summed E-state index contributed by atoms with van der Waals surface area (Å²) in [5, 5.41) is 4.51. The van der Waals surface area contributed by atoms with E-state index in [1.54, 1.807) is 0 Å². The molecule has 2 aliphatic heterocycles. The lowest BCUT2D eigenvalue weighted by Crippen LogP contribution is -2.40. The summed E-state index contributed by atoms with van der Waals surface area (Å²) >= 11 is 0. The van der Waals surface area contributed by atoms with Gasteiger partial charge in [0.2, 0.25) is 5.91 Å². The number of hydrogen-bond donors (Lipinski definition) is 0. The summed E-state index contributed by atoms with van der Waals surface area (Å²) in [5.74, 6) is 1.25. The number of imidazole rings is 1. The first-order valence-electron chi connectivity index (χ1n) is 11.9. The fourth-order valence-electron chi connectivity index (χ4n) is 5.43. The van der Waals surface area contributed by atoms with Crippen LogP contribution in [0.15, 0.2) is 24.9 Å². The van der Waals surface area contributed by atoms with Crippen LogP contribution in [-0.2, 0) is 11.3 Å². The lowest BCUT2D eigenvalue weighted by Gasteiger charge is -2.28. The molecule has 1 saturated carbocycles. The van der Waals surface area contributed by atoms with Gasteiger partial charge in [0.1, 0.15) is 0 Å². The van der Waals surface area contributed by atoms with Crippen LogP contribution < -0.4 is 0 Å². The molecule has 0 aromatic carbocycles. The molecule has 5 rings (SSSR count). The number of nitrogens with zero attached hydrogens (tertiary/aromatic N) is 6. The summed E-state index contributed by atoms with van der Waals surface area (Å²) in [5.41, 5.74) is 1.97. The molecule has 2 aromatic rings. The van der Waals surface area contributed by atoms with E-state index in [1.807, 2.05) is 17.2 Å². The minimum Gasteiger partial charge on any atom is -0.342 e. The van der Waals surface area contributed by atoms with E-state index in [1.165, 1.54) is 18.4 Å². The lowest BCUT2D eigenvalue weighted by atomic mass is 9.75. The van der Waals surface area contributed by atoms with Crippen molar-refractivity contribution in [3.63, 3.8) is 0 Å². The molecule has 0 N–H and O–H groups in total. The molecule has 168 valence electrons. The molecule has 2 saturated heterocycles. The predicted octanol–water partition coefficient (Wildman–Crippen LogP) is 3.47. The molecule has 2 aromatic heterocycles. The average molecular weight is 425 g/mol. The third kappa shape index (κ3) is 3.81. The van der Waals surface area contributed by atoms with Crippen LogP contribution in [0.3, 0.4) is 0 Å². The molecule has 3 fully saturated rings. The van der Waals surface area contributed by atoms with Crippen molar-refractivity contribution >= 4 is 5.91 Å². The zero-order chi connectivity index (χ0) is 21.8. The van der Waals surface area contributed by atoms with Gasteiger partial charge in [-0.25, -0.2) is 4.98 Å². The Bertz CT molecular complexity index is 942. The summed E-state index contributed by atoms with van der Waals surface area (Å²) in [6.07, 6.45) is 11.7. The van der Waals surface area contributed by atoms with Crippen molar-refractivity contribution in [1.29, 1.82) is 0 Å². The van der Waals surface area contributed by atoms with Gasteiger partial charge < -0.3 is 9.47 Å². The highest BCUT2D eigenvalue weighted by atomic mass is 16.2. The second kappa shape index (κ2) is 7.76. The third-order valence-corrected chi connectivity index (χ3v) is 7.50. The first-order valence-corrected chi connectivity index (χ1v) is 11.9. The maximum Gasteiger partial charge on any atom is 0.230 e. The van der Waals surface area contributed by atoms with Crippen molar-refractivity contribution in [2.24, 2.45) is 11.3 Å². The molecule has 2 atom stereocenters. The summed E-state index contributed by atoms with van der Waals surface area (Å²) in [6.45, 7) is 13.0. The van der Waals surface area contributed by atoms with Crippen LogP contribution in [0.5, 0.6) is 0 Å². The number of carbonyl (C=O) groups is 1. The summed E-state index contributed by atoms with van der Waals surface area (Å²) < 4.78 is 4.18. The molecule has 3 aliphatic rings. The SMILES string of the molecule is CC(C)n1cnc([C@@H]2CN(Cc3cnn(C(C)C)c3)C[C@@]23CCN(CC2CC2)C3=O)c1. The zero-order valence-electron chi connectivity index (χ0n) is 19.4. The van der Waals surface area contributed by atoms with E-state index in [9.17, 15) is 4.79 Å². The fourth-order valence-corrected chi connectivity index (χ4v) is 5.43. The number of carbonyl (C=O) groups excluding carboxylic acids is 1. The van der Waals surface area contributed by atoms with Crippen molar-refractivity contribution in [2.75, 3.05) is 26.2 Å². The number of rotatable bonds is 7. The molecular formula is C24H36N6O. The van der Waals surface area contributed by atoms with Crippen LogP contribution in [0.25, 0.3) is 0 Å². The highest BCUT2D eigenvalue weighted by molar-refractivity contribution is 5.87. The Morgan fingerprint density at radius 1 is 1.16 bits per heavy atom. The molecule has 1 spiro atoms. The topological polar surface area (TPSA) is 59.2 Å². The second-order valence-electron chi connectivity index (χ2n) is 10.6. The van der Waals surface area contributed by atoms with Gasteiger partial charge in [-0.05, 0) is 52.9 Å². The van der Waals surface area contributed by atoms with Crippen LogP contribution in [0.4, 0.5) is 0 Å². The average Bonchev–Trinajstić information content (AvgIpc) is 3.11. The Labute approximate surface area is 185 Å². The first-order chi connectivity index (χ1) is 14.9. The zero-order valence-corrected chi connectivity index (χ0v) is 19.4. The van der Waals surface area contributed by atoms with Crippen LogP contribution in [-0.4, -0.2) is 61.2 Å². The van der Waals surface area contributed by atoms with Crippen LogP contribution >= 0.6 is 0 Å². The lowest BCUT2D eigenvalue weighted by molar-refractivity contribution is -0.136. The third-order valence-electron chi connectivity index (χ3n) is 7.50. The monoisotopic (exact) mass is 424 g/mol. The maximum atomic E-state index is 13.8. The Morgan fingerprint density at radius 3 is 2.61 bits per heavy atom. The fraction of sp³-hybridized carbons (Fsp3) is 0.708. The summed E-state index contributed by atoms with van der Waals surface area (Å²) in [7, 11) is 0. The van der Waals surface area contributed by atoms with Crippen molar-refractivity contribution in [1.82, 2.24) is 29.1 Å². The van der Waals surface area contributed by atoms with E-state index in [-0.39, 0.29) is 11.3 Å². The normalized spacial score (nSPS) is 27.0. The Hall–Kier alpha value is -2.15. The van der Waals surface area contributed by atoms with Gasteiger partial charge in [-0.15, -0.1) is 0 Å². The largest absolute Gasteiger partial charge is 0.342 e. The number of amides is 1. The van der Waals surface area contributed by atoms with Crippen molar-refractivity contribution < 1.29 is 4.79 Å². The Morgan fingerprint density at radius 2 is 1.97 bits per heavy atom. The smallest absolute Gasteiger partial charge is 0.230 e. The number of hydrogen-bond acceptors (Lipinski definition) is 4. The standard InChI is InChI=1S/C24H36N6O/c1-17(2)29-14-22(25-16-29)21-13-27(10-20-9-26-30(12-20)18(3)4)15-24(21)7-8-28(23(24)31)11-19-5-6-19/h9,12,14,16-19,21H,5-8,10-11,13,15H2,1-4H3/t21-,24-/m0/s1. The van der Waals surface area contributed by atoms with Crippen molar-refractivity contribution in [3.05, 3.63) is 36.2 Å². The van der Waals surface area contributed by atoms with Crippen molar-refractivity contribution in [2.45, 2.75) is 71.5 Å². The molecule has 1 amide bonds. The molecule has 1 aliphatic carbocycles. The molecule has 4 heterocycles. The van der Waals surface area contributed by atoms with E-state index in [4.69, 9.17) is 4.98 Å². The predicted molar refractivity (Wildman–Crippen MR) is 120 cm³/mol. The molecule has 7 heteroatoms. The van der Waals surface area contributed by atoms with Gasteiger partial charge >= 0.3 is 0 Å². The van der Waals surface area contributed by atoms with Gasteiger partial charge in [0.25, 0.3) is 0 Å². The Kier molecular flexibility index (Phi) is 5.19. The molecule has 7 nitrogen and oxygen atoms in total. The van der Waals surface area contributed by atoms with E-state index in [0.717, 1.165) is 50.8 Å². The Balaban J connectivity index is 1.40. The van der Waals surface area contributed by atoms with Gasteiger partial charge in [0.05, 0.1) is 23.6 Å².